The second kappa shape index (κ2) is 10.3. The lowest BCUT2D eigenvalue weighted by Crippen LogP contribution is -2.46. The summed E-state index contributed by atoms with van der Waals surface area (Å²) >= 11 is 0. The maximum absolute atomic E-state index is 12.1. The number of carbonyl (C=O) groups is 1. The van der Waals surface area contributed by atoms with Gasteiger partial charge in [-0.1, -0.05) is 0 Å². The predicted molar refractivity (Wildman–Crippen MR) is 92.8 cm³/mol. The zero-order valence-electron chi connectivity index (χ0n) is 13.8. The summed E-state index contributed by atoms with van der Waals surface area (Å²) in [4.78, 5) is 14.4. The van der Waals surface area contributed by atoms with Crippen LogP contribution in [0.15, 0.2) is 18.2 Å². The van der Waals surface area contributed by atoms with Crippen LogP contribution in [-0.4, -0.2) is 64.3 Å². The molecule has 1 aromatic carbocycles. The molecule has 1 amide bonds. The van der Waals surface area contributed by atoms with Crippen LogP contribution in [0.2, 0.25) is 0 Å². The molecule has 2 N–H and O–H groups in total. The Morgan fingerprint density at radius 3 is 2.65 bits per heavy atom. The van der Waals surface area contributed by atoms with Crippen molar-refractivity contribution in [1.29, 1.82) is 0 Å². The third-order valence-electron chi connectivity index (χ3n) is 3.80. The molecule has 0 saturated carbocycles. The molecule has 0 atom stereocenters. The molecule has 0 aromatic heterocycles. The predicted octanol–water partition coefficient (Wildman–Crippen LogP) is 0.690. The van der Waals surface area contributed by atoms with Crippen molar-refractivity contribution in [2.24, 2.45) is 0 Å². The molecule has 0 bridgehead atoms. The number of nitrogens with zero attached hydrogens (tertiary/aromatic N) is 1. The van der Waals surface area contributed by atoms with Crippen molar-refractivity contribution < 1.29 is 14.3 Å². The number of nitrogens with one attached hydrogen (secondary N) is 2. The molecule has 1 aromatic rings. The van der Waals surface area contributed by atoms with Crippen molar-refractivity contribution in [1.82, 2.24) is 15.5 Å². The van der Waals surface area contributed by atoms with E-state index in [4.69, 9.17) is 9.47 Å². The van der Waals surface area contributed by atoms with Crippen LogP contribution in [0.1, 0.15) is 5.56 Å². The minimum atomic E-state index is 0. The molecule has 1 aliphatic heterocycles. The number of carbonyl (C=O) groups excluding carboxylic acids is 1. The van der Waals surface area contributed by atoms with Crippen LogP contribution in [0, 0.1) is 0 Å². The third-order valence-corrected chi connectivity index (χ3v) is 3.80. The summed E-state index contributed by atoms with van der Waals surface area (Å²) in [6.45, 7) is 5.69. The number of methoxy groups -OCH3 is 2. The van der Waals surface area contributed by atoms with Crippen LogP contribution in [0.25, 0.3) is 0 Å². The van der Waals surface area contributed by atoms with Crippen LogP contribution in [0.3, 0.4) is 0 Å². The van der Waals surface area contributed by atoms with Gasteiger partial charge in [0.1, 0.15) is 11.5 Å². The highest BCUT2D eigenvalue weighted by Gasteiger charge is 2.12. The van der Waals surface area contributed by atoms with Gasteiger partial charge >= 0.3 is 0 Å². The molecule has 6 nitrogen and oxygen atoms in total. The van der Waals surface area contributed by atoms with Gasteiger partial charge in [0.2, 0.25) is 5.91 Å². The van der Waals surface area contributed by atoms with Gasteiger partial charge in [-0.05, 0) is 18.2 Å². The topological polar surface area (TPSA) is 62.8 Å². The summed E-state index contributed by atoms with van der Waals surface area (Å²) in [5.41, 5.74) is 0.835. The minimum absolute atomic E-state index is 0. The number of hydrogen-bond donors (Lipinski definition) is 2. The first-order valence-corrected chi connectivity index (χ1v) is 7.63. The smallest absolute Gasteiger partial charge is 0.224 e. The van der Waals surface area contributed by atoms with Gasteiger partial charge < -0.3 is 20.1 Å². The normalized spacial score (nSPS) is 14.7. The second-order valence-electron chi connectivity index (χ2n) is 5.30. The Labute approximate surface area is 143 Å². The number of amides is 1. The summed E-state index contributed by atoms with van der Waals surface area (Å²) in [6.07, 6.45) is 0.294. The Morgan fingerprint density at radius 2 is 2.00 bits per heavy atom. The maximum atomic E-state index is 12.1. The largest absolute Gasteiger partial charge is 0.497 e. The van der Waals surface area contributed by atoms with Crippen molar-refractivity contribution in [2.75, 3.05) is 53.5 Å². The number of piperazine rings is 1. The Bertz CT molecular complexity index is 493. The van der Waals surface area contributed by atoms with Crippen LogP contribution in [0.5, 0.6) is 11.5 Å². The van der Waals surface area contributed by atoms with E-state index < -0.39 is 0 Å². The number of benzene rings is 1. The van der Waals surface area contributed by atoms with Crippen LogP contribution < -0.4 is 20.1 Å². The van der Waals surface area contributed by atoms with E-state index in [9.17, 15) is 4.79 Å². The SMILES string of the molecule is COc1ccc(OC)c(CC(=O)NCCN2CCNCC2)c1.Cl. The molecule has 0 spiro atoms. The van der Waals surface area contributed by atoms with Gasteiger partial charge in [0.25, 0.3) is 0 Å². The standard InChI is InChI=1S/C16H25N3O3.ClH/c1-21-14-3-4-15(22-2)13(11-14)12-16(20)18-7-10-19-8-5-17-6-9-19;/h3-4,11,17H,5-10,12H2,1-2H3,(H,18,20);1H. The van der Waals surface area contributed by atoms with E-state index in [1.165, 1.54) is 0 Å². The van der Waals surface area contributed by atoms with Crippen molar-refractivity contribution >= 4 is 18.3 Å². The van der Waals surface area contributed by atoms with Gasteiger partial charge in [-0.2, -0.15) is 0 Å². The van der Waals surface area contributed by atoms with Gasteiger partial charge in [0.05, 0.1) is 20.6 Å². The van der Waals surface area contributed by atoms with E-state index in [1.807, 2.05) is 18.2 Å². The lowest BCUT2D eigenvalue weighted by molar-refractivity contribution is -0.120. The average molecular weight is 344 g/mol. The van der Waals surface area contributed by atoms with Crippen molar-refractivity contribution in [2.45, 2.75) is 6.42 Å². The fraction of sp³-hybridized carbons (Fsp3) is 0.562. The second-order valence-corrected chi connectivity index (χ2v) is 5.30. The molecule has 1 aliphatic rings. The summed E-state index contributed by atoms with van der Waals surface area (Å²) < 4.78 is 10.5. The van der Waals surface area contributed by atoms with Gasteiger partial charge in [-0.3, -0.25) is 9.69 Å². The highest BCUT2D eigenvalue weighted by atomic mass is 35.5. The minimum Gasteiger partial charge on any atom is -0.497 e. The van der Waals surface area contributed by atoms with Crippen LogP contribution in [0.4, 0.5) is 0 Å². The van der Waals surface area contributed by atoms with Gasteiger partial charge in [-0.25, -0.2) is 0 Å². The molecule has 7 heteroatoms. The first kappa shape index (κ1) is 19.5. The Balaban J connectivity index is 0.00000264. The summed E-state index contributed by atoms with van der Waals surface area (Å²) in [5, 5.41) is 6.29. The van der Waals surface area contributed by atoms with E-state index in [0.29, 0.717) is 18.7 Å². The molecule has 1 saturated heterocycles. The average Bonchev–Trinajstić information content (AvgIpc) is 2.55. The van der Waals surface area contributed by atoms with Crippen LogP contribution >= 0.6 is 12.4 Å². The molecule has 130 valence electrons. The molecular weight excluding hydrogens is 318 g/mol. The molecule has 2 rings (SSSR count). The van der Waals surface area contributed by atoms with E-state index in [0.717, 1.165) is 44.0 Å². The van der Waals surface area contributed by atoms with Gasteiger partial charge in [-0.15, -0.1) is 12.4 Å². The zero-order valence-corrected chi connectivity index (χ0v) is 14.6. The number of ether oxygens (including phenoxy) is 2. The van der Waals surface area contributed by atoms with Crippen molar-refractivity contribution in [3.63, 3.8) is 0 Å². The summed E-state index contributed by atoms with van der Waals surface area (Å²) in [6, 6.07) is 5.49. The number of rotatable bonds is 7. The lowest BCUT2D eigenvalue weighted by Gasteiger charge is -2.27. The van der Waals surface area contributed by atoms with E-state index in [-0.39, 0.29) is 18.3 Å². The van der Waals surface area contributed by atoms with E-state index in [2.05, 4.69) is 15.5 Å². The third kappa shape index (κ3) is 6.25. The highest BCUT2D eigenvalue weighted by Crippen LogP contribution is 2.24. The fourth-order valence-corrected chi connectivity index (χ4v) is 2.54. The Morgan fingerprint density at radius 1 is 1.26 bits per heavy atom. The molecule has 23 heavy (non-hydrogen) atoms. The van der Waals surface area contributed by atoms with E-state index in [1.54, 1.807) is 14.2 Å². The number of halogens is 1. The first-order chi connectivity index (χ1) is 10.7. The fourth-order valence-electron chi connectivity index (χ4n) is 2.54. The lowest BCUT2D eigenvalue weighted by atomic mass is 10.1. The first-order valence-electron chi connectivity index (χ1n) is 7.63. The van der Waals surface area contributed by atoms with Crippen molar-refractivity contribution in [3.8, 4) is 11.5 Å². The van der Waals surface area contributed by atoms with E-state index >= 15 is 0 Å². The molecule has 1 fully saturated rings. The molecule has 0 aliphatic carbocycles. The quantitative estimate of drug-likeness (QED) is 0.762. The van der Waals surface area contributed by atoms with Gasteiger partial charge in [0, 0.05) is 44.8 Å². The monoisotopic (exact) mass is 343 g/mol. The molecular formula is C16H26ClN3O3. The maximum Gasteiger partial charge on any atom is 0.224 e. The van der Waals surface area contributed by atoms with Crippen LogP contribution in [-0.2, 0) is 11.2 Å². The molecule has 1 heterocycles. The van der Waals surface area contributed by atoms with Crippen molar-refractivity contribution in [3.05, 3.63) is 23.8 Å². The molecule has 0 radical (unpaired) electrons. The number of hydrogen-bond acceptors (Lipinski definition) is 5. The Hall–Kier alpha value is -1.50. The molecule has 0 unspecified atom stereocenters. The summed E-state index contributed by atoms with van der Waals surface area (Å²) in [7, 11) is 3.22. The van der Waals surface area contributed by atoms with Gasteiger partial charge in [0.15, 0.2) is 0 Å². The summed E-state index contributed by atoms with van der Waals surface area (Å²) in [5.74, 6) is 1.43. The highest BCUT2D eigenvalue weighted by molar-refractivity contribution is 5.85. The Kier molecular flexibility index (Phi) is 8.76. The zero-order chi connectivity index (χ0) is 15.8.